The Morgan fingerprint density at radius 2 is 2.00 bits per heavy atom. The zero-order valence-corrected chi connectivity index (χ0v) is 12.0. The first-order chi connectivity index (χ1) is 9.63. The summed E-state index contributed by atoms with van der Waals surface area (Å²) >= 11 is 0. The van der Waals surface area contributed by atoms with Crippen LogP contribution in [0.5, 0.6) is 0 Å². The van der Waals surface area contributed by atoms with E-state index in [-0.39, 0.29) is 18.2 Å². The molecule has 2 aromatic rings. The van der Waals surface area contributed by atoms with E-state index >= 15 is 0 Å². The highest BCUT2D eigenvalue weighted by atomic mass is 16.5. The van der Waals surface area contributed by atoms with Crippen LogP contribution >= 0.6 is 0 Å². The lowest BCUT2D eigenvalue weighted by atomic mass is 10.0. The Labute approximate surface area is 118 Å². The van der Waals surface area contributed by atoms with Crippen LogP contribution in [-0.4, -0.2) is 27.7 Å². The molecule has 0 saturated heterocycles. The van der Waals surface area contributed by atoms with Crippen molar-refractivity contribution in [3.05, 3.63) is 48.0 Å². The van der Waals surface area contributed by atoms with Gasteiger partial charge in [-0.25, -0.2) is 9.67 Å². The molecular weight excluding hydrogens is 254 g/mol. The molecule has 1 heterocycles. The molecule has 0 aliphatic rings. The minimum Gasteiger partial charge on any atom is -0.369 e. The molecule has 0 amide bonds. The van der Waals surface area contributed by atoms with Gasteiger partial charge in [0.05, 0.1) is 6.42 Å². The van der Waals surface area contributed by atoms with Crippen LogP contribution in [0.4, 0.5) is 0 Å². The SMILES string of the molecule is COC(C(=O)Cc1ncnn1C(C)C)c1ccccc1. The lowest BCUT2D eigenvalue weighted by Gasteiger charge is -2.15. The van der Waals surface area contributed by atoms with E-state index in [0.29, 0.717) is 5.82 Å². The van der Waals surface area contributed by atoms with E-state index in [9.17, 15) is 4.79 Å². The lowest BCUT2D eigenvalue weighted by molar-refractivity contribution is -0.128. The summed E-state index contributed by atoms with van der Waals surface area (Å²) in [7, 11) is 1.54. The maximum Gasteiger partial charge on any atom is 0.173 e. The topological polar surface area (TPSA) is 57.0 Å². The van der Waals surface area contributed by atoms with E-state index in [0.717, 1.165) is 5.56 Å². The third kappa shape index (κ3) is 3.11. The van der Waals surface area contributed by atoms with Crippen LogP contribution in [0.25, 0.3) is 0 Å². The van der Waals surface area contributed by atoms with Crippen LogP contribution in [0.15, 0.2) is 36.7 Å². The van der Waals surface area contributed by atoms with Crippen molar-refractivity contribution in [1.29, 1.82) is 0 Å². The standard InChI is InChI=1S/C15H19N3O2/c1-11(2)18-14(16-10-17-18)9-13(19)15(20-3)12-7-5-4-6-8-12/h4-8,10-11,15H,9H2,1-3H3. The number of nitrogens with zero attached hydrogens (tertiary/aromatic N) is 3. The molecule has 106 valence electrons. The highest BCUT2D eigenvalue weighted by Crippen LogP contribution is 2.19. The quantitative estimate of drug-likeness (QED) is 0.810. The molecule has 0 bridgehead atoms. The van der Waals surface area contributed by atoms with Gasteiger partial charge in [0.15, 0.2) is 5.78 Å². The first-order valence-corrected chi connectivity index (χ1v) is 6.62. The van der Waals surface area contributed by atoms with Gasteiger partial charge in [-0.2, -0.15) is 5.10 Å². The number of methoxy groups -OCH3 is 1. The number of ketones is 1. The van der Waals surface area contributed by atoms with E-state index < -0.39 is 6.10 Å². The predicted molar refractivity (Wildman–Crippen MR) is 75.3 cm³/mol. The van der Waals surface area contributed by atoms with Crippen molar-refractivity contribution in [3.63, 3.8) is 0 Å². The molecule has 1 aromatic carbocycles. The third-order valence-electron chi connectivity index (χ3n) is 3.10. The van der Waals surface area contributed by atoms with Crippen molar-refractivity contribution in [2.24, 2.45) is 0 Å². The van der Waals surface area contributed by atoms with Gasteiger partial charge in [-0.15, -0.1) is 0 Å². The molecule has 1 unspecified atom stereocenters. The molecule has 0 fully saturated rings. The molecule has 1 aromatic heterocycles. The first kappa shape index (κ1) is 14.4. The fourth-order valence-corrected chi connectivity index (χ4v) is 2.16. The predicted octanol–water partition coefficient (Wildman–Crippen LogP) is 2.36. The first-order valence-electron chi connectivity index (χ1n) is 6.62. The molecule has 5 nitrogen and oxygen atoms in total. The maximum absolute atomic E-state index is 12.4. The number of hydrogen-bond acceptors (Lipinski definition) is 4. The largest absolute Gasteiger partial charge is 0.369 e. The van der Waals surface area contributed by atoms with Gasteiger partial charge in [0, 0.05) is 13.2 Å². The Morgan fingerprint density at radius 3 is 2.60 bits per heavy atom. The third-order valence-corrected chi connectivity index (χ3v) is 3.10. The fraction of sp³-hybridized carbons (Fsp3) is 0.400. The molecule has 5 heteroatoms. The number of benzene rings is 1. The van der Waals surface area contributed by atoms with Gasteiger partial charge >= 0.3 is 0 Å². The zero-order chi connectivity index (χ0) is 14.5. The number of ether oxygens (including phenoxy) is 1. The van der Waals surface area contributed by atoms with Gasteiger partial charge in [-0.3, -0.25) is 4.79 Å². The molecule has 20 heavy (non-hydrogen) atoms. The smallest absolute Gasteiger partial charge is 0.173 e. The van der Waals surface area contributed by atoms with Gasteiger partial charge < -0.3 is 4.74 Å². The van der Waals surface area contributed by atoms with Crippen LogP contribution in [0.1, 0.15) is 37.4 Å². The lowest BCUT2D eigenvalue weighted by Crippen LogP contribution is -2.20. The summed E-state index contributed by atoms with van der Waals surface area (Å²) in [6, 6.07) is 9.66. The summed E-state index contributed by atoms with van der Waals surface area (Å²) < 4.78 is 7.10. The van der Waals surface area contributed by atoms with Crippen LogP contribution in [-0.2, 0) is 16.0 Å². The summed E-state index contributed by atoms with van der Waals surface area (Å²) in [5.74, 6) is 0.650. The maximum atomic E-state index is 12.4. The average molecular weight is 273 g/mol. The van der Waals surface area contributed by atoms with Crippen molar-refractivity contribution in [3.8, 4) is 0 Å². The van der Waals surface area contributed by atoms with E-state index in [1.165, 1.54) is 6.33 Å². The van der Waals surface area contributed by atoms with Crippen molar-refractivity contribution in [2.45, 2.75) is 32.4 Å². The van der Waals surface area contributed by atoms with E-state index in [4.69, 9.17) is 4.74 Å². The minimum atomic E-state index is -0.562. The summed E-state index contributed by atoms with van der Waals surface area (Å²) in [5, 5.41) is 4.14. The zero-order valence-electron chi connectivity index (χ0n) is 12.0. The second-order valence-electron chi connectivity index (χ2n) is 4.88. The Morgan fingerprint density at radius 1 is 1.30 bits per heavy atom. The molecule has 1 atom stereocenters. The summed E-state index contributed by atoms with van der Waals surface area (Å²) in [5.41, 5.74) is 0.857. The highest BCUT2D eigenvalue weighted by Gasteiger charge is 2.22. The molecule has 0 aliphatic heterocycles. The molecule has 0 radical (unpaired) electrons. The monoisotopic (exact) mass is 273 g/mol. The molecule has 0 spiro atoms. The Kier molecular flexibility index (Phi) is 4.63. The van der Waals surface area contributed by atoms with Gasteiger partial charge in [0.1, 0.15) is 18.3 Å². The van der Waals surface area contributed by atoms with E-state index in [1.54, 1.807) is 11.8 Å². The molecule has 0 aliphatic carbocycles. The number of rotatable bonds is 6. The fourth-order valence-electron chi connectivity index (χ4n) is 2.16. The molecule has 2 rings (SSSR count). The highest BCUT2D eigenvalue weighted by molar-refractivity contribution is 5.85. The minimum absolute atomic E-state index is 0.0198. The summed E-state index contributed by atoms with van der Waals surface area (Å²) in [4.78, 5) is 16.6. The molecule has 0 saturated carbocycles. The second kappa shape index (κ2) is 6.43. The average Bonchev–Trinajstić information content (AvgIpc) is 2.89. The van der Waals surface area contributed by atoms with Crippen LogP contribution in [0.3, 0.4) is 0 Å². The van der Waals surface area contributed by atoms with Gasteiger partial charge in [0.25, 0.3) is 0 Å². The number of aromatic nitrogens is 3. The number of Topliss-reactive ketones (excluding diaryl/α,β-unsaturated/α-hetero) is 1. The normalized spacial score (nSPS) is 12.6. The Hall–Kier alpha value is -2.01. The molecular formula is C15H19N3O2. The van der Waals surface area contributed by atoms with Crippen LogP contribution in [0.2, 0.25) is 0 Å². The van der Waals surface area contributed by atoms with Gasteiger partial charge in [-0.1, -0.05) is 30.3 Å². The van der Waals surface area contributed by atoms with Crippen LogP contribution < -0.4 is 0 Å². The van der Waals surface area contributed by atoms with E-state index in [2.05, 4.69) is 10.1 Å². The van der Waals surface area contributed by atoms with E-state index in [1.807, 2.05) is 44.2 Å². The summed E-state index contributed by atoms with van der Waals surface area (Å²) in [6.07, 6.45) is 1.13. The second-order valence-corrected chi connectivity index (χ2v) is 4.88. The van der Waals surface area contributed by atoms with Gasteiger partial charge in [-0.05, 0) is 19.4 Å². The summed E-state index contributed by atoms with van der Waals surface area (Å²) in [6.45, 7) is 4.02. The number of carbonyl (C=O) groups is 1. The Bertz CT molecular complexity index is 564. The van der Waals surface area contributed by atoms with Crippen molar-refractivity contribution < 1.29 is 9.53 Å². The molecule has 0 N–H and O–H groups in total. The van der Waals surface area contributed by atoms with Crippen molar-refractivity contribution >= 4 is 5.78 Å². The number of hydrogen-bond donors (Lipinski definition) is 0. The van der Waals surface area contributed by atoms with Crippen LogP contribution in [0, 0.1) is 0 Å². The van der Waals surface area contributed by atoms with Crippen molar-refractivity contribution in [2.75, 3.05) is 7.11 Å². The Balaban J connectivity index is 2.16. The van der Waals surface area contributed by atoms with Crippen molar-refractivity contribution in [1.82, 2.24) is 14.8 Å². The van der Waals surface area contributed by atoms with Gasteiger partial charge in [0.2, 0.25) is 0 Å². The number of carbonyl (C=O) groups excluding carboxylic acids is 1.